The third kappa shape index (κ3) is 7.18. The number of benzene rings is 1. The molecule has 1 aromatic carbocycles. The zero-order valence-corrected chi connectivity index (χ0v) is 27.0. The molecule has 248 valence electrons. The average molecular weight is 656 g/mol. The lowest BCUT2D eigenvalue weighted by atomic mass is 9.80. The lowest BCUT2D eigenvalue weighted by Gasteiger charge is -2.31. The smallest absolute Gasteiger partial charge is 0.267 e. The van der Waals surface area contributed by atoms with Crippen molar-refractivity contribution in [1.82, 2.24) is 19.0 Å². The van der Waals surface area contributed by atoms with Crippen LogP contribution in [0.15, 0.2) is 88.9 Å². The van der Waals surface area contributed by atoms with E-state index in [0.29, 0.717) is 23.7 Å². The van der Waals surface area contributed by atoms with Gasteiger partial charge < -0.3 is 0 Å². The van der Waals surface area contributed by atoms with Crippen molar-refractivity contribution in [2.24, 2.45) is 17.1 Å². The minimum absolute atomic E-state index is 0.145. The highest BCUT2D eigenvalue weighted by molar-refractivity contribution is 6.00. The van der Waals surface area contributed by atoms with Crippen molar-refractivity contribution < 1.29 is 26.3 Å². The van der Waals surface area contributed by atoms with Crippen LogP contribution in [0.1, 0.15) is 64.8 Å². The Bertz CT molecular complexity index is 1880. The van der Waals surface area contributed by atoms with Gasteiger partial charge in [-0.3, -0.25) is 9.47 Å². The van der Waals surface area contributed by atoms with Crippen LogP contribution < -0.4 is 15.1 Å². The van der Waals surface area contributed by atoms with E-state index in [0.717, 1.165) is 32.6 Å². The second kappa shape index (κ2) is 11.8. The molecule has 7 nitrogen and oxygen atoms in total. The number of hydrazone groups is 1. The summed E-state index contributed by atoms with van der Waals surface area (Å²) in [5.41, 5.74) is 0.362. The highest BCUT2D eigenvalue weighted by Gasteiger charge is 2.34. The van der Waals surface area contributed by atoms with Gasteiger partial charge in [0.25, 0.3) is 0 Å². The molecule has 47 heavy (non-hydrogen) atoms. The van der Waals surface area contributed by atoms with Gasteiger partial charge in [-0.25, -0.2) is 14.4 Å². The molecular formula is C34H35F6N7. The topological polar surface area (TPSA) is 53.7 Å². The fraction of sp³-hybridized carbons (Fsp3) is 0.353. The highest BCUT2D eigenvalue weighted by atomic mass is 19.4. The summed E-state index contributed by atoms with van der Waals surface area (Å²) in [6.07, 6.45) is 0.823. The Balaban J connectivity index is 1.79. The first-order chi connectivity index (χ1) is 21.7. The van der Waals surface area contributed by atoms with Gasteiger partial charge in [0, 0.05) is 18.5 Å². The van der Waals surface area contributed by atoms with Crippen LogP contribution in [0, 0.1) is 6.20 Å². The van der Waals surface area contributed by atoms with E-state index in [1.54, 1.807) is 42.0 Å². The third-order valence-corrected chi connectivity index (χ3v) is 7.63. The van der Waals surface area contributed by atoms with Gasteiger partial charge in [0.05, 0.1) is 18.4 Å². The molecule has 2 aromatic heterocycles. The van der Waals surface area contributed by atoms with Crippen LogP contribution in [0.25, 0.3) is 0 Å². The molecule has 0 saturated heterocycles. The first-order valence-corrected chi connectivity index (χ1v) is 14.8. The molecule has 2 aliphatic rings. The minimum atomic E-state index is -4.65. The van der Waals surface area contributed by atoms with E-state index in [1.807, 2.05) is 23.1 Å². The number of pyridine rings is 1. The number of allylic oxidation sites excluding steroid dienone is 4. The Morgan fingerprint density at radius 3 is 2.09 bits per heavy atom. The molecule has 2 aliphatic heterocycles. The molecule has 0 radical (unpaired) electrons. The molecule has 0 N–H and O–H groups in total. The number of aromatic nitrogens is 3. The number of aliphatic imine (C=N–C) groups is 1. The second-order valence-corrected chi connectivity index (χ2v) is 13.3. The van der Waals surface area contributed by atoms with Gasteiger partial charge in [0.1, 0.15) is 5.82 Å². The van der Waals surface area contributed by atoms with Crippen molar-refractivity contribution in [2.75, 3.05) is 4.90 Å². The third-order valence-electron chi connectivity index (χ3n) is 7.63. The molecule has 0 unspecified atom stereocenters. The monoisotopic (exact) mass is 655 g/mol. The number of hydrogen-bond acceptors (Lipinski definition) is 4. The zero-order chi connectivity index (χ0) is 34.5. The molecule has 0 fully saturated rings. The van der Waals surface area contributed by atoms with Crippen LogP contribution in [0.4, 0.5) is 37.8 Å². The van der Waals surface area contributed by atoms with E-state index in [9.17, 15) is 26.3 Å². The Hall–Kier alpha value is -4.68. The number of anilines is 2. The van der Waals surface area contributed by atoms with Crippen LogP contribution in [-0.4, -0.2) is 32.1 Å². The Morgan fingerprint density at radius 1 is 0.872 bits per heavy atom. The van der Waals surface area contributed by atoms with Crippen LogP contribution in [-0.2, 0) is 24.1 Å². The molecule has 0 saturated carbocycles. The first-order valence-electron chi connectivity index (χ1n) is 14.8. The maximum absolute atomic E-state index is 13.4. The molecule has 0 atom stereocenters. The summed E-state index contributed by atoms with van der Waals surface area (Å²) in [7, 11) is 1.68. The van der Waals surface area contributed by atoms with Crippen molar-refractivity contribution in [3.63, 3.8) is 0 Å². The lowest BCUT2D eigenvalue weighted by Crippen LogP contribution is -2.33. The fourth-order valence-electron chi connectivity index (χ4n) is 4.95. The summed E-state index contributed by atoms with van der Waals surface area (Å²) in [6.45, 7) is 12.6. The molecule has 13 heteroatoms. The predicted molar refractivity (Wildman–Crippen MR) is 170 cm³/mol. The fourth-order valence-corrected chi connectivity index (χ4v) is 4.95. The summed E-state index contributed by atoms with van der Waals surface area (Å²) in [6, 6.07) is 12.1. The van der Waals surface area contributed by atoms with Gasteiger partial charge in [-0.2, -0.15) is 36.5 Å². The van der Waals surface area contributed by atoms with Gasteiger partial charge in [0.15, 0.2) is 17.3 Å². The standard InChI is InChI=1S/C34H35F6N7/c1-31(2,3)22-19-23(32(4,5)6)21-24(20-22)47(28-12-9-8-11-27(41-28)45-17-15-25(42-45)33(35,36)37)30-14-10-13-29(44(30)7)46-18-16-26(43-46)34(38,39)40/h8,10-17,19-21H,9H2,1-7H3. The van der Waals surface area contributed by atoms with Gasteiger partial charge in [0.2, 0.25) is 5.49 Å². The van der Waals surface area contributed by atoms with Gasteiger partial charge in [-0.05, 0) is 64.8 Å². The highest BCUT2D eigenvalue weighted by Crippen LogP contribution is 2.38. The van der Waals surface area contributed by atoms with Crippen LogP contribution >= 0.6 is 0 Å². The summed E-state index contributed by atoms with van der Waals surface area (Å²) in [5.74, 6) is 1.01. The Kier molecular flexibility index (Phi) is 8.48. The van der Waals surface area contributed by atoms with Crippen molar-refractivity contribution in [2.45, 2.75) is 71.1 Å². The van der Waals surface area contributed by atoms with Gasteiger partial charge >= 0.3 is 12.4 Å². The van der Waals surface area contributed by atoms with E-state index < -0.39 is 23.8 Å². The molecule has 4 heterocycles. The number of halogens is 6. The maximum atomic E-state index is 13.4. The largest absolute Gasteiger partial charge is 0.435 e. The Labute approximate surface area is 268 Å². The summed E-state index contributed by atoms with van der Waals surface area (Å²) in [4.78, 5) is 6.65. The number of rotatable bonds is 3. The number of hydrogen-bond donors (Lipinski definition) is 0. The van der Waals surface area contributed by atoms with Gasteiger partial charge in [-0.15, -0.1) is 0 Å². The predicted octanol–water partition coefficient (Wildman–Crippen LogP) is 7.74. The Morgan fingerprint density at radius 2 is 1.53 bits per heavy atom. The summed E-state index contributed by atoms with van der Waals surface area (Å²) in [5, 5.41) is 7.44. The molecular weight excluding hydrogens is 620 g/mol. The summed E-state index contributed by atoms with van der Waals surface area (Å²) < 4.78 is 84.3. The lowest BCUT2D eigenvalue weighted by molar-refractivity contribution is -0.141. The number of nitrogens with zero attached hydrogens (tertiary/aromatic N) is 7. The molecule has 0 bridgehead atoms. The SMILES string of the molecule is Cn1c(N(C2=CCC=CC(n3ccc(C(F)(F)F)n3)=N2)c2cc(C(C)(C)C)cc(C(C)(C)C)c2)ccc/c1=[N+]1/[C-]=CC(C(F)(F)F)=N1. The zero-order valence-electron chi connectivity index (χ0n) is 27.0. The molecule has 0 amide bonds. The van der Waals surface area contributed by atoms with Crippen LogP contribution in [0.3, 0.4) is 0 Å². The molecule has 5 rings (SSSR count). The van der Waals surface area contributed by atoms with Gasteiger partial charge in [-0.1, -0.05) is 65.8 Å². The quantitative estimate of drug-likeness (QED) is 0.165. The van der Waals surface area contributed by atoms with Crippen molar-refractivity contribution in [3.8, 4) is 0 Å². The molecule has 0 spiro atoms. The van der Waals surface area contributed by atoms with E-state index in [1.165, 1.54) is 6.20 Å². The van der Waals surface area contributed by atoms with E-state index >= 15 is 0 Å². The van der Waals surface area contributed by atoms with Crippen LogP contribution in [0.5, 0.6) is 0 Å². The number of alkyl halides is 6. The molecule has 0 aliphatic carbocycles. The summed E-state index contributed by atoms with van der Waals surface area (Å²) >= 11 is 0. The normalized spacial score (nSPS) is 17.0. The van der Waals surface area contributed by atoms with E-state index in [2.05, 4.69) is 64.0 Å². The van der Waals surface area contributed by atoms with E-state index in [-0.39, 0.29) is 22.2 Å². The maximum Gasteiger partial charge on any atom is 0.435 e. The second-order valence-electron chi connectivity index (χ2n) is 13.3. The van der Waals surface area contributed by atoms with Crippen molar-refractivity contribution in [1.29, 1.82) is 0 Å². The minimum Gasteiger partial charge on any atom is -0.267 e. The average Bonchev–Trinajstić information content (AvgIpc) is 3.60. The first kappa shape index (κ1) is 33.7. The van der Waals surface area contributed by atoms with Crippen molar-refractivity contribution >= 4 is 23.1 Å². The van der Waals surface area contributed by atoms with Crippen LogP contribution in [0.2, 0.25) is 0 Å². The molecule has 3 aromatic rings. The van der Waals surface area contributed by atoms with E-state index in [4.69, 9.17) is 4.99 Å². The van der Waals surface area contributed by atoms with Crippen molar-refractivity contribution in [3.05, 3.63) is 107 Å².